The number of aliphatic hydroxyl groups excluding tert-OH is 1. The number of quaternary nitrogens is 1. The molecule has 0 saturated heterocycles. The molecule has 0 bridgehead atoms. The van der Waals surface area contributed by atoms with Gasteiger partial charge < -0.3 is 9.84 Å². The molecule has 0 radical (unpaired) electrons. The van der Waals surface area contributed by atoms with E-state index in [1.807, 2.05) is 14.0 Å². The third-order valence-electron chi connectivity index (χ3n) is 2.26. The molecule has 0 aromatic heterocycles. The van der Waals surface area contributed by atoms with E-state index in [1.54, 1.807) is 6.92 Å². The lowest BCUT2D eigenvalue weighted by Crippen LogP contribution is -2.48. The Labute approximate surface area is 85.4 Å². The van der Waals surface area contributed by atoms with Crippen LogP contribution in [0, 0.1) is 0 Å². The first-order valence-corrected chi connectivity index (χ1v) is 4.72. The molecular weight excluding hydrogens is 182 g/mol. The highest BCUT2D eigenvalue weighted by molar-refractivity contribution is 5.86. The highest BCUT2D eigenvalue weighted by Gasteiger charge is 2.20. The van der Waals surface area contributed by atoms with E-state index >= 15 is 0 Å². The summed E-state index contributed by atoms with van der Waals surface area (Å²) >= 11 is 0. The van der Waals surface area contributed by atoms with Crippen LogP contribution in [-0.4, -0.2) is 49.0 Å². The number of aliphatic hydroxyl groups is 1. The van der Waals surface area contributed by atoms with E-state index in [2.05, 4.69) is 6.58 Å². The van der Waals surface area contributed by atoms with E-state index in [0.29, 0.717) is 16.6 Å². The highest BCUT2D eigenvalue weighted by atomic mass is 16.5. The Kier molecular flexibility index (Phi) is 5.42. The van der Waals surface area contributed by atoms with Crippen LogP contribution in [0.2, 0.25) is 0 Å². The van der Waals surface area contributed by atoms with Crippen LogP contribution in [0.15, 0.2) is 12.2 Å². The van der Waals surface area contributed by atoms with Gasteiger partial charge in [0, 0.05) is 5.57 Å². The van der Waals surface area contributed by atoms with Gasteiger partial charge in [-0.3, -0.25) is 4.48 Å². The van der Waals surface area contributed by atoms with Gasteiger partial charge in [0.05, 0.1) is 20.2 Å². The molecule has 0 rings (SSSR count). The molecule has 0 aliphatic rings. The number of rotatable bonds is 6. The van der Waals surface area contributed by atoms with Crippen molar-refractivity contribution in [1.82, 2.24) is 0 Å². The van der Waals surface area contributed by atoms with Gasteiger partial charge in [0.15, 0.2) is 0 Å². The molecule has 82 valence electrons. The predicted molar refractivity (Wildman–Crippen MR) is 54.5 cm³/mol. The van der Waals surface area contributed by atoms with Crippen LogP contribution in [0.25, 0.3) is 0 Å². The van der Waals surface area contributed by atoms with Crippen LogP contribution in [0.5, 0.6) is 0 Å². The summed E-state index contributed by atoms with van der Waals surface area (Å²) in [6.07, 6.45) is 0. The Morgan fingerprint density at radius 1 is 1.57 bits per heavy atom. The Hall–Kier alpha value is -0.870. The summed E-state index contributed by atoms with van der Waals surface area (Å²) in [6, 6.07) is 0. The summed E-state index contributed by atoms with van der Waals surface area (Å²) in [5.41, 5.74) is 0.400. The molecule has 4 heteroatoms. The van der Waals surface area contributed by atoms with E-state index in [9.17, 15) is 4.79 Å². The van der Waals surface area contributed by atoms with E-state index in [4.69, 9.17) is 9.84 Å². The lowest BCUT2D eigenvalue weighted by molar-refractivity contribution is -0.924. The molecule has 14 heavy (non-hydrogen) atoms. The van der Waals surface area contributed by atoms with Crippen molar-refractivity contribution in [2.75, 3.05) is 33.5 Å². The lowest BCUT2D eigenvalue weighted by Gasteiger charge is -2.31. The number of hydrogen-bond acceptors (Lipinski definition) is 3. The van der Waals surface area contributed by atoms with Crippen LogP contribution < -0.4 is 0 Å². The van der Waals surface area contributed by atoms with E-state index < -0.39 is 0 Å². The lowest BCUT2D eigenvalue weighted by atomic mass is 10.4. The third kappa shape index (κ3) is 4.39. The van der Waals surface area contributed by atoms with Crippen LogP contribution in [0.3, 0.4) is 0 Å². The molecule has 0 aromatic carbocycles. The largest absolute Gasteiger partial charge is 0.412 e. The zero-order valence-electron chi connectivity index (χ0n) is 9.25. The van der Waals surface area contributed by atoms with Crippen molar-refractivity contribution in [3.8, 4) is 0 Å². The number of carbonyl (C=O) groups excluding carboxylic acids is 1. The first kappa shape index (κ1) is 13.1. The normalized spacial score (nSPS) is 14.6. The van der Waals surface area contributed by atoms with E-state index in [0.717, 1.165) is 6.54 Å². The Bertz CT molecular complexity index is 215. The quantitative estimate of drug-likeness (QED) is 0.296. The van der Waals surface area contributed by atoms with Gasteiger partial charge in [0.25, 0.3) is 0 Å². The minimum absolute atomic E-state index is 0.0922. The Balaban J connectivity index is 4.07. The SMILES string of the molecule is C=C(C)C(=O)OC[N+](C)(CC)CCO. The molecule has 0 aliphatic carbocycles. The van der Waals surface area contributed by atoms with Crippen molar-refractivity contribution in [2.24, 2.45) is 0 Å². The van der Waals surface area contributed by atoms with Crippen molar-refractivity contribution in [2.45, 2.75) is 13.8 Å². The van der Waals surface area contributed by atoms with Gasteiger partial charge >= 0.3 is 5.97 Å². The maximum Gasteiger partial charge on any atom is 0.337 e. The fraction of sp³-hybridized carbons (Fsp3) is 0.700. The summed E-state index contributed by atoms with van der Waals surface area (Å²) in [5.74, 6) is -0.374. The minimum Gasteiger partial charge on any atom is -0.412 e. The van der Waals surface area contributed by atoms with Crippen molar-refractivity contribution in [3.63, 3.8) is 0 Å². The highest BCUT2D eigenvalue weighted by Crippen LogP contribution is 2.03. The van der Waals surface area contributed by atoms with Crippen LogP contribution in [-0.2, 0) is 9.53 Å². The predicted octanol–water partition coefficient (Wildman–Crippen LogP) is 0.522. The fourth-order valence-electron chi connectivity index (χ4n) is 0.893. The van der Waals surface area contributed by atoms with Crippen LogP contribution in [0.1, 0.15) is 13.8 Å². The maximum absolute atomic E-state index is 11.1. The smallest absolute Gasteiger partial charge is 0.337 e. The van der Waals surface area contributed by atoms with Gasteiger partial charge in [-0.2, -0.15) is 0 Å². The summed E-state index contributed by atoms with van der Waals surface area (Å²) in [6.45, 7) is 8.87. The van der Waals surface area contributed by atoms with Gasteiger partial charge in [0.1, 0.15) is 6.54 Å². The molecule has 4 nitrogen and oxygen atoms in total. The Morgan fingerprint density at radius 2 is 2.14 bits per heavy atom. The zero-order chi connectivity index (χ0) is 11.2. The van der Waals surface area contributed by atoms with Gasteiger partial charge in [-0.1, -0.05) is 6.58 Å². The molecule has 0 aliphatic heterocycles. The van der Waals surface area contributed by atoms with Gasteiger partial charge in [-0.05, 0) is 13.8 Å². The second-order valence-corrected chi connectivity index (χ2v) is 3.72. The first-order chi connectivity index (χ1) is 6.45. The van der Waals surface area contributed by atoms with Gasteiger partial charge in [-0.25, -0.2) is 4.79 Å². The molecule has 0 heterocycles. The second kappa shape index (κ2) is 5.78. The van der Waals surface area contributed by atoms with Crippen molar-refractivity contribution >= 4 is 5.97 Å². The Morgan fingerprint density at radius 3 is 2.50 bits per heavy atom. The van der Waals surface area contributed by atoms with Crippen LogP contribution >= 0.6 is 0 Å². The van der Waals surface area contributed by atoms with E-state index in [-0.39, 0.29) is 19.3 Å². The molecule has 0 fully saturated rings. The maximum atomic E-state index is 11.1. The molecule has 0 aromatic rings. The third-order valence-corrected chi connectivity index (χ3v) is 2.26. The zero-order valence-corrected chi connectivity index (χ0v) is 9.25. The van der Waals surface area contributed by atoms with Gasteiger partial charge in [-0.15, -0.1) is 0 Å². The number of likely N-dealkylation sites (N-methyl/N-ethyl adjacent to an activating group) is 1. The summed E-state index contributed by atoms with van der Waals surface area (Å²) in [7, 11) is 1.93. The number of esters is 1. The fourth-order valence-corrected chi connectivity index (χ4v) is 0.893. The summed E-state index contributed by atoms with van der Waals surface area (Å²) in [4.78, 5) is 11.1. The summed E-state index contributed by atoms with van der Waals surface area (Å²) in [5, 5.41) is 8.83. The topological polar surface area (TPSA) is 46.5 Å². The number of ether oxygens (including phenoxy) is 1. The van der Waals surface area contributed by atoms with E-state index in [1.165, 1.54) is 0 Å². The molecule has 0 saturated carbocycles. The molecule has 1 atom stereocenters. The first-order valence-electron chi connectivity index (χ1n) is 4.72. The number of carbonyl (C=O) groups is 1. The second-order valence-electron chi connectivity index (χ2n) is 3.72. The number of hydrogen-bond donors (Lipinski definition) is 1. The molecule has 0 amide bonds. The standard InChI is InChI=1S/C10H20NO3/c1-5-11(4,6-7-12)8-14-10(13)9(2)3/h12H,2,5-8H2,1,3-4H3/q+1. The molecule has 1 N–H and O–H groups in total. The van der Waals surface area contributed by atoms with Crippen molar-refractivity contribution < 1.29 is 19.1 Å². The molecule has 1 unspecified atom stereocenters. The summed E-state index contributed by atoms with van der Waals surface area (Å²) < 4.78 is 5.56. The van der Waals surface area contributed by atoms with Crippen molar-refractivity contribution in [3.05, 3.63) is 12.2 Å². The average Bonchev–Trinajstić information content (AvgIpc) is 2.14. The molecular formula is C10H20NO3+. The molecule has 0 spiro atoms. The van der Waals surface area contributed by atoms with Gasteiger partial charge in [0.2, 0.25) is 6.73 Å². The average molecular weight is 202 g/mol. The van der Waals surface area contributed by atoms with Crippen molar-refractivity contribution in [1.29, 1.82) is 0 Å². The monoisotopic (exact) mass is 202 g/mol. The number of nitrogens with zero attached hydrogens (tertiary/aromatic N) is 1. The minimum atomic E-state index is -0.374. The van der Waals surface area contributed by atoms with Crippen LogP contribution in [0.4, 0.5) is 0 Å².